The molecule has 0 bridgehead atoms. The molecule has 9 heteroatoms. The number of ether oxygens (including phenoxy) is 1. The first-order valence-corrected chi connectivity index (χ1v) is 8.82. The molecule has 130 valence electrons. The van der Waals surface area contributed by atoms with Crippen molar-refractivity contribution in [1.82, 2.24) is 5.32 Å². The molecule has 2 atom stereocenters. The molecule has 1 saturated heterocycles. The summed E-state index contributed by atoms with van der Waals surface area (Å²) in [6.45, 7) is 2.34. The van der Waals surface area contributed by atoms with E-state index in [2.05, 4.69) is 15.6 Å². The number of anilines is 1. The number of amidine groups is 1. The lowest BCUT2D eigenvalue weighted by Gasteiger charge is -2.09. The number of thioether (sulfide) groups is 1. The maximum atomic E-state index is 12.1. The molecule has 0 spiro atoms. The van der Waals surface area contributed by atoms with Crippen molar-refractivity contribution in [2.24, 2.45) is 4.99 Å². The third-order valence-corrected chi connectivity index (χ3v) is 5.03. The van der Waals surface area contributed by atoms with Gasteiger partial charge in [-0.05, 0) is 19.1 Å². The van der Waals surface area contributed by atoms with Crippen LogP contribution in [-0.4, -0.2) is 42.0 Å². The highest BCUT2D eigenvalue weighted by Gasteiger charge is 2.32. The van der Waals surface area contributed by atoms with Crippen molar-refractivity contribution >= 4 is 57.6 Å². The van der Waals surface area contributed by atoms with Gasteiger partial charge in [-0.3, -0.25) is 14.6 Å². The van der Waals surface area contributed by atoms with E-state index in [9.17, 15) is 9.59 Å². The highest BCUT2D eigenvalue weighted by molar-refractivity contribution is 8.15. The molecule has 0 saturated carbocycles. The van der Waals surface area contributed by atoms with Crippen LogP contribution < -0.4 is 10.6 Å². The lowest BCUT2D eigenvalue weighted by molar-refractivity contribution is -0.122. The van der Waals surface area contributed by atoms with Crippen LogP contribution in [0.1, 0.15) is 13.3 Å². The van der Waals surface area contributed by atoms with E-state index in [0.717, 1.165) is 0 Å². The maximum absolute atomic E-state index is 12.1. The van der Waals surface area contributed by atoms with Crippen molar-refractivity contribution < 1.29 is 14.3 Å². The van der Waals surface area contributed by atoms with Crippen LogP contribution in [0.25, 0.3) is 0 Å². The van der Waals surface area contributed by atoms with Crippen molar-refractivity contribution in [2.45, 2.75) is 24.6 Å². The summed E-state index contributed by atoms with van der Waals surface area (Å²) in [7, 11) is 1.59. The lowest BCUT2D eigenvalue weighted by atomic mass is 10.2. The summed E-state index contributed by atoms with van der Waals surface area (Å²) < 4.78 is 5.00. The van der Waals surface area contributed by atoms with E-state index in [4.69, 9.17) is 27.9 Å². The van der Waals surface area contributed by atoms with E-state index in [1.807, 2.05) is 6.92 Å². The number of benzene rings is 1. The first-order valence-electron chi connectivity index (χ1n) is 7.18. The maximum Gasteiger partial charge on any atom is 0.240 e. The van der Waals surface area contributed by atoms with E-state index in [1.54, 1.807) is 25.3 Å². The average Bonchev–Trinajstić information content (AvgIpc) is 2.83. The molecule has 0 aromatic heterocycles. The van der Waals surface area contributed by atoms with Crippen LogP contribution in [0.15, 0.2) is 23.2 Å². The third-order valence-electron chi connectivity index (χ3n) is 3.12. The zero-order valence-corrected chi connectivity index (χ0v) is 15.5. The lowest BCUT2D eigenvalue weighted by Crippen LogP contribution is -2.28. The Hall–Kier alpha value is -1.28. The minimum absolute atomic E-state index is 0.0109. The van der Waals surface area contributed by atoms with Crippen molar-refractivity contribution in [3.8, 4) is 0 Å². The molecule has 24 heavy (non-hydrogen) atoms. The Morgan fingerprint density at radius 3 is 2.96 bits per heavy atom. The van der Waals surface area contributed by atoms with Crippen molar-refractivity contribution in [3.63, 3.8) is 0 Å². The molecule has 0 radical (unpaired) electrons. The number of nitrogens with zero attached hydrogens (tertiary/aromatic N) is 1. The molecule has 2 unspecified atom stereocenters. The van der Waals surface area contributed by atoms with Crippen molar-refractivity contribution in [2.75, 3.05) is 19.0 Å². The molecule has 2 rings (SSSR count). The number of hydrogen-bond acceptors (Lipinski definition) is 5. The smallest absolute Gasteiger partial charge is 0.240 e. The Kier molecular flexibility index (Phi) is 6.91. The van der Waals surface area contributed by atoms with E-state index >= 15 is 0 Å². The second-order valence-corrected chi connectivity index (χ2v) is 7.16. The van der Waals surface area contributed by atoms with Gasteiger partial charge >= 0.3 is 0 Å². The number of halogens is 2. The summed E-state index contributed by atoms with van der Waals surface area (Å²) in [5.41, 5.74) is 0.417. The predicted molar refractivity (Wildman–Crippen MR) is 98.0 cm³/mol. The normalized spacial score (nSPS) is 20.1. The zero-order chi connectivity index (χ0) is 17.7. The van der Waals surface area contributed by atoms with Gasteiger partial charge in [0.15, 0.2) is 5.17 Å². The number of methoxy groups -OCH3 is 1. The van der Waals surface area contributed by atoms with E-state index in [-0.39, 0.29) is 29.3 Å². The molecule has 1 aliphatic heterocycles. The van der Waals surface area contributed by atoms with E-state index in [0.29, 0.717) is 22.5 Å². The first kappa shape index (κ1) is 19.1. The highest BCUT2D eigenvalue weighted by Crippen LogP contribution is 2.30. The number of nitrogens with one attached hydrogen (secondary N) is 2. The Bertz CT molecular complexity index is 669. The summed E-state index contributed by atoms with van der Waals surface area (Å²) in [6, 6.07) is 4.88. The summed E-state index contributed by atoms with van der Waals surface area (Å²) in [5.74, 6) is -0.561. The highest BCUT2D eigenvalue weighted by atomic mass is 35.5. The Balaban J connectivity index is 1.95. The van der Waals surface area contributed by atoms with Gasteiger partial charge in [0, 0.05) is 13.5 Å². The van der Waals surface area contributed by atoms with Crippen LogP contribution in [0.4, 0.5) is 5.69 Å². The molecule has 2 amide bonds. The molecule has 6 nitrogen and oxygen atoms in total. The van der Waals surface area contributed by atoms with Gasteiger partial charge in [-0.25, -0.2) is 0 Å². The van der Waals surface area contributed by atoms with Gasteiger partial charge in [-0.15, -0.1) is 0 Å². The standard InChI is InChI=1S/C15H17Cl2N3O3S/c1-8(7-23-2)18-15-20-14(22)11(24-15)6-12(21)19-10-5-3-4-9(16)13(10)17/h3-5,8,11H,6-7H2,1-2H3,(H,19,21)(H,18,20,22). The summed E-state index contributed by atoms with van der Waals surface area (Å²) >= 11 is 13.2. The molecule has 1 aromatic carbocycles. The molecule has 0 aliphatic carbocycles. The molecule has 1 aliphatic rings. The van der Waals surface area contributed by atoms with Crippen LogP contribution in [0.3, 0.4) is 0 Å². The number of aliphatic imine (C=N–C) groups is 1. The molecule has 2 N–H and O–H groups in total. The molecule has 1 fully saturated rings. The van der Waals surface area contributed by atoms with Gasteiger partial charge < -0.3 is 15.4 Å². The molecule has 1 heterocycles. The summed E-state index contributed by atoms with van der Waals surface area (Å²) in [6.07, 6.45) is 0.0109. The topological polar surface area (TPSA) is 79.8 Å². The van der Waals surface area contributed by atoms with E-state index in [1.165, 1.54) is 11.8 Å². The molecular weight excluding hydrogens is 373 g/mol. The SMILES string of the molecule is COCC(C)N=C1NC(=O)C(CC(=O)Nc2cccc(Cl)c2Cl)S1. The first-order chi connectivity index (χ1) is 11.4. The van der Waals surface area contributed by atoms with Crippen molar-refractivity contribution in [1.29, 1.82) is 0 Å². The van der Waals surface area contributed by atoms with Gasteiger partial charge in [-0.2, -0.15) is 0 Å². The summed E-state index contributed by atoms with van der Waals surface area (Å²) in [5, 5.41) is 5.93. The Morgan fingerprint density at radius 1 is 1.50 bits per heavy atom. The second kappa shape index (κ2) is 8.71. The summed E-state index contributed by atoms with van der Waals surface area (Å²) in [4.78, 5) is 28.4. The number of amides is 2. The second-order valence-electron chi connectivity index (χ2n) is 5.19. The van der Waals surface area contributed by atoms with Crippen molar-refractivity contribution in [3.05, 3.63) is 28.2 Å². The molecular formula is C15H17Cl2N3O3S. The minimum Gasteiger partial charge on any atom is -0.382 e. The fourth-order valence-electron chi connectivity index (χ4n) is 2.05. The quantitative estimate of drug-likeness (QED) is 0.783. The van der Waals surface area contributed by atoms with Crippen LogP contribution in [0.5, 0.6) is 0 Å². The third kappa shape index (κ3) is 5.11. The number of hydrogen-bond donors (Lipinski definition) is 2. The Labute approximate surface area is 154 Å². The molecule has 1 aromatic rings. The number of carbonyl (C=O) groups excluding carboxylic acids is 2. The van der Waals surface area contributed by atoms with Gasteiger partial charge in [0.25, 0.3) is 0 Å². The van der Waals surface area contributed by atoms with Crippen LogP contribution in [-0.2, 0) is 14.3 Å². The number of rotatable bonds is 6. The van der Waals surface area contributed by atoms with Crippen LogP contribution in [0, 0.1) is 0 Å². The van der Waals surface area contributed by atoms with Gasteiger partial charge in [0.05, 0.1) is 28.4 Å². The van der Waals surface area contributed by atoms with E-state index < -0.39 is 5.25 Å². The van der Waals surface area contributed by atoms with Crippen LogP contribution in [0.2, 0.25) is 10.0 Å². The Morgan fingerprint density at radius 2 is 2.25 bits per heavy atom. The predicted octanol–water partition coefficient (Wildman–Crippen LogP) is 2.94. The van der Waals surface area contributed by atoms with Crippen LogP contribution >= 0.6 is 35.0 Å². The fourth-order valence-corrected chi connectivity index (χ4v) is 3.47. The van der Waals surface area contributed by atoms with Gasteiger partial charge in [0.2, 0.25) is 11.8 Å². The van der Waals surface area contributed by atoms with Gasteiger partial charge in [-0.1, -0.05) is 41.0 Å². The average molecular weight is 390 g/mol. The zero-order valence-electron chi connectivity index (χ0n) is 13.1. The van der Waals surface area contributed by atoms with Gasteiger partial charge in [0.1, 0.15) is 5.25 Å². The minimum atomic E-state index is -0.531. The monoisotopic (exact) mass is 389 g/mol. The largest absolute Gasteiger partial charge is 0.382 e. The number of carbonyl (C=O) groups is 2. The fraction of sp³-hybridized carbons (Fsp3) is 0.400.